The first-order chi connectivity index (χ1) is 19.7. The highest BCUT2D eigenvalue weighted by Gasteiger charge is 2.32. The van der Waals surface area contributed by atoms with Gasteiger partial charge in [-0.1, -0.05) is 67.7 Å². The molecule has 9 nitrogen and oxygen atoms in total. The molecule has 1 aliphatic heterocycles. The first kappa shape index (κ1) is 31.6. The van der Waals surface area contributed by atoms with Crippen molar-refractivity contribution in [1.29, 1.82) is 0 Å². The van der Waals surface area contributed by atoms with Crippen LogP contribution in [0.15, 0.2) is 65.7 Å². The van der Waals surface area contributed by atoms with Gasteiger partial charge in [0.05, 0.1) is 17.2 Å². The second-order valence-corrected chi connectivity index (χ2v) is 10.8. The number of thioether (sulfide) groups is 1. The predicted molar refractivity (Wildman–Crippen MR) is 164 cm³/mol. The number of carbonyl (C=O) groups is 3. The Balaban J connectivity index is 0.00000108. The van der Waals surface area contributed by atoms with E-state index in [1.807, 2.05) is 71.6 Å². The minimum Gasteiger partial charge on any atom is -0.494 e. The van der Waals surface area contributed by atoms with Crippen molar-refractivity contribution in [3.8, 4) is 22.7 Å². The third-order valence-electron chi connectivity index (χ3n) is 5.78. The lowest BCUT2D eigenvalue weighted by atomic mass is 10.1. The van der Waals surface area contributed by atoms with Gasteiger partial charge in [0.1, 0.15) is 15.8 Å². The quantitative estimate of drug-likeness (QED) is 0.142. The number of hydrogen-bond acceptors (Lipinski definition) is 7. The molecule has 216 valence electrons. The fourth-order valence-electron chi connectivity index (χ4n) is 3.94. The monoisotopic (exact) mass is 595 g/mol. The second kappa shape index (κ2) is 15.7. The van der Waals surface area contributed by atoms with Crippen LogP contribution >= 0.6 is 24.0 Å². The van der Waals surface area contributed by atoms with Gasteiger partial charge in [-0.3, -0.25) is 19.3 Å². The lowest BCUT2D eigenvalue weighted by Crippen LogP contribution is -2.29. The molecule has 0 bridgehead atoms. The maximum atomic E-state index is 13.2. The molecule has 2 aromatic carbocycles. The smallest absolute Gasteiger partial charge is 0.303 e. The van der Waals surface area contributed by atoms with E-state index in [1.54, 1.807) is 4.90 Å². The summed E-state index contributed by atoms with van der Waals surface area (Å²) < 4.78 is 8.16. The molecule has 0 unspecified atom stereocenters. The van der Waals surface area contributed by atoms with E-state index in [9.17, 15) is 9.59 Å². The molecule has 41 heavy (non-hydrogen) atoms. The van der Waals surface area contributed by atoms with Gasteiger partial charge in [0.15, 0.2) is 0 Å². The molecule has 1 aliphatic rings. The number of unbranched alkanes of at least 4 members (excludes halogenated alkanes) is 2. The minimum absolute atomic E-state index is 0.133. The van der Waals surface area contributed by atoms with E-state index in [0.717, 1.165) is 48.0 Å². The SMILES string of the molecule is CC(=O)O.CCCOc1cccc(-c2nn(-c3ccccc3)cc2/C=C2/SC(=S)N(CCCCCC(=O)O)C2=O)c1. The zero-order valence-corrected chi connectivity index (χ0v) is 24.6. The molecule has 1 saturated heterocycles. The van der Waals surface area contributed by atoms with Crippen molar-refractivity contribution in [1.82, 2.24) is 14.7 Å². The number of benzene rings is 2. The van der Waals surface area contributed by atoms with Gasteiger partial charge in [0.2, 0.25) is 0 Å². The van der Waals surface area contributed by atoms with Crippen molar-refractivity contribution in [2.45, 2.75) is 46.0 Å². The number of ether oxygens (including phenoxy) is 1. The summed E-state index contributed by atoms with van der Waals surface area (Å²) in [7, 11) is 0. The first-order valence-corrected chi connectivity index (χ1v) is 14.5. The third kappa shape index (κ3) is 9.58. The zero-order chi connectivity index (χ0) is 29.8. The van der Waals surface area contributed by atoms with Crippen LogP contribution in [-0.2, 0) is 14.4 Å². The Labute approximate surface area is 248 Å². The Kier molecular flexibility index (Phi) is 12.1. The summed E-state index contributed by atoms with van der Waals surface area (Å²) >= 11 is 6.77. The topological polar surface area (TPSA) is 122 Å². The largest absolute Gasteiger partial charge is 0.494 e. The second-order valence-electron chi connectivity index (χ2n) is 9.15. The molecular weight excluding hydrogens is 562 g/mol. The summed E-state index contributed by atoms with van der Waals surface area (Å²) in [6, 6.07) is 17.6. The summed E-state index contributed by atoms with van der Waals surface area (Å²) in [6.07, 6.45) is 6.84. The predicted octanol–water partition coefficient (Wildman–Crippen LogP) is 6.27. The average Bonchev–Trinajstić information content (AvgIpc) is 3.48. The van der Waals surface area contributed by atoms with Gasteiger partial charge in [0.25, 0.3) is 11.9 Å². The van der Waals surface area contributed by atoms with Crippen LogP contribution in [0.1, 0.15) is 51.5 Å². The number of carboxylic acids is 2. The molecule has 1 amide bonds. The van der Waals surface area contributed by atoms with Crippen molar-refractivity contribution in [2.75, 3.05) is 13.2 Å². The lowest BCUT2D eigenvalue weighted by molar-refractivity contribution is -0.137. The van der Waals surface area contributed by atoms with E-state index in [0.29, 0.717) is 35.2 Å². The molecule has 11 heteroatoms. The van der Waals surface area contributed by atoms with E-state index in [2.05, 4.69) is 6.92 Å². The molecule has 3 aromatic rings. The standard InChI is InChI=1S/C28H29N3O4S2.C2H4O2/c1-2-16-35-23-13-9-10-20(17-23)26-21(19-31(29-26)22-11-5-3-6-12-22)18-24-27(34)30(28(36)37-24)15-8-4-7-14-25(32)33;1-2(3)4/h3,5-6,9-13,17-19H,2,4,7-8,14-16H2,1H3,(H,32,33);1H3,(H,3,4)/b24-18+;. The van der Waals surface area contributed by atoms with E-state index in [4.69, 9.17) is 37.1 Å². The highest BCUT2D eigenvalue weighted by molar-refractivity contribution is 8.26. The summed E-state index contributed by atoms with van der Waals surface area (Å²) in [6.45, 7) is 4.26. The molecule has 0 radical (unpaired) electrons. The lowest BCUT2D eigenvalue weighted by Gasteiger charge is -2.13. The van der Waals surface area contributed by atoms with E-state index >= 15 is 0 Å². The molecular formula is C30H33N3O6S2. The zero-order valence-electron chi connectivity index (χ0n) is 23.0. The average molecular weight is 596 g/mol. The van der Waals surface area contributed by atoms with Crippen LogP contribution in [0.2, 0.25) is 0 Å². The molecule has 2 heterocycles. The molecule has 2 N–H and O–H groups in total. The molecule has 1 aromatic heterocycles. The van der Waals surface area contributed by atoms with Gasteiger partial charge in [-0.15, -0.1) is 0 Å². The van der Waals surface area contributed by atoms with Crippen LogP contribution in [0, 0.1) is 0 Å². The summed E-state index contributed by atoms with van der Waals surface area (Å²) in [4.78, 5) is 35.1. The van der Waals surface area contributed by atoms with E-state index in [1.165, 1.54) is 11.8 Å². The highest BCUT2D eigenvalue weighted by Crippen LogP contribution is 2.35. The summed E-state index contributed by atoms with van der Waals surface area (Å²) in [5.74, 6) is -0.997. The number of nitrogens with zero attached hydrogens (tertiary/aromatic N) is 3. The van der Waals surface area contributed by atoms with Crippen LogP contribution in [0.5, 0.6) is 5.75 Å². The Morgan fingerprint density at radius 3 is 2.49 bits per heavy atom. The Morgan fingerprint density at radius 1 is 1.07 bits per heavy atom. The number of amides is 1. The third-order valence-corrected chi connectivity index (χ3v) is 7.15. The molecule has 0 aliphatic carbocycles. The number of hydrogen-bond donors (Lipinski definition) is 2. The summed E-state index contributed by atoms with van der Waals surface area (Å²) in [5, 5.41) is 21.1. The number of carboxylic acid groups (broad SMARTS) is 2. The number of para-hydroxylation sites is 1. The van der Waals surface area contributed by atoms with Crippen molar-refractivity contribution >= 4 is 52.2 Å². The van der Waals surface area contributed by atoms with Crippen molar-refractivity contribution < 1.29 is 29.3 Å². The van der Waals surface area contributed by atoms with Gasteiger partial charge in [0, 0.05) is 37.2 Å². The molecule has 1 fully saturated rings. The Bertz CT molecular complexity index is 1400. The van der Waals surface area contributed by atoms with Gasteiger partial charge in [-0.25, -0.2) is 4.68 Å². The van der Waals surface area contributed by atoms with Crippen LogP contribution in [0.3, 0.4) is 0 Å². The minimum atomic E-state index is -0.833. The van der Waals surface area contributed by atoms with Gasteiger partial charge >= 0.3 is 5.97 Å². The van der Waals surface area contributed by atoms with Gasteiger partial charge < -0.3 is 14.9 Å². The maximum Gasteiger partial charge on any atom is 0.303 e. The van der Waals surface area contributed by atoms with Crippen LogP contribution in [0.25, 0.3) is 23.0 Å². The van der Waals surface area contributed by atoms with Crippen LogP contribution in [0.4, 0.5) is 0 Å². The van der Waals surface area contributed by atoms with Crippen LogP contribution < -0.4 is 4.74 Å². The molecule has 0 saturated carbocycles. The van der Waals surface area contributed by atoms with Gasteiger partial charge in [-0.2, -0.15) is 5.10 Å². The molecule has 4 rings (SSSR count). The highest BCUT2D eigenvalue weighted by atomic mass is 32.2. The van der Waals surface area contributed by atoms with E-state index in [-0.39, 0.29) is 12.3 Å². The molecule has 0 spiro atoms. The first-order valence-electron chi connectivity index (χ1n) is 13.2. The number of aromatic nitrogens is 2. The normalized spacial score (nSPS) is 13.7. The number of aliphatic carboxylic acids is 2. The Morgan fingerprint density at radius 2 is 1.80 bits per heavy atom. The van der Waals surface area contributed by atoms with Gasteiger partial charge in [-0.05, 0) is 49.6 Å². The molecule has 0 atom stereocenters. The number of rotatable bonds is 12. The van der Waals surface area contributed by atoms with Crippen LogP contribution in [-0.4, -0.2) is 60.2 Å². The maximum absolute atomic E-state index is 13.2. The fraction of sp³-hybridized carbons (Fsp3) is 0.300. The number of thiocarbonyl (C=S) groups is 1. The number of carbonyl (C=O) groups excluding carboxylic acids is 1. The van der Waals surface area contributed by atoms with Crippen molar-refractivity contribution in [3.05, 3.63) is 71.3 Å². The van der Waals surface area contributed by atoms with E-state index < -0.39 is 11.9 Å². The van der Waals surface area contributed by atoms with Crippen molar-refractivity contribution in [2.24, 2.45) is 0 Å². The summed E-state index contributed by atoms with van der Waals surface area (Å²) in [5.41, 5.74) is 3.35. The fourth-order valence-corrected chi connectivity index (χ4v) is 5.24. The Hall–Kier alpha value is -3.96. The van der Waals surface area contributed by atoms with Crippen molar-refractivity contribution in [3.63, 3.8) is 0 Å².